The zero-order valence-corrected chi connectivity index (χ0v) is 15.7. The third-order valence-corrected chi connectivity index (χ3v) is 4.78. The molecular weight excluding hydrogens is 369 g/mol. The van der Waals surface area contributed by atoms with Crippen LogP contribution >= 0.6 is 0 Å². The summed E-state index contributed by atoms with van der Waals surface area (Å²) in [7, 11) is 0. The number of carbonyl (C=O) groups excluding carboxylic acids is 1. The van der Waals surface area contributed by atoms with Gasteiger partial charge in [0.1, 0.15) is 5.82 Å². The molecule has 150 valence electrons. The van der Waals surface area contributed by atoms with Crippen molar-refractivity contribution in [1.29, 1.82) is 0 Å². The average molecular weight is 392 g/mol. The van der Waals surface area contributed by atoms with Crippen molar-refractivity contribution in [2.75, 3.05) is 42.9 Å². The van der Waals surface area contributed by atoms with Crippen molar-refractivity contribution in [3.63, 3.8) is 0 Å². The number of halogens is 3. The molecule has 5 nitrogen and oxygen atoms in total. The van der Waals surface area contributed by atoms with Crippen LogP contribution in [-0.4, -0.2) is 48.5 Å². The van der Waals surface area contributed by atoms with E-state index in [4.69, 9.17) is 0 Å². The molecule has 0 saturated carbocycles. The maximum atomic E-state index is 12.6. The van der Waals surface area contributed by atoms with Crippen LogP contribution in [0.2, 0.25) is 0 Å². The minimum absolute atomic E-state index is 0.0784. The SMILES string of the molecule is CCc1ccc(NC(=O)CN2CCN(c3ccc(C(F)(F)F)cn3)CC2)cc1. The zero-order valence-electron chi connectivity index (χ0n) is 15.7. The molecule has 0 radical (unpaired) electrons. The highest BCUT2D eigenvalue weighted by Crippen LogP contribution is 2.29. The number of piperazine rings is 1. The standard InChI is InChI=1S/C20H23F3N4O/c1-2-15-3-6-17(7-4-15)25-19(28)14-26-9-11-27(12-10-26)18-8-5-16(13-24-18)20(21,22)23/h3-8,13H,2,9-12,14H2,1H3,(H,25,28). The van der Waals surface area contributed by atoms with Gasteiger partial charge in [0.25, 0.3) is 0 Å². The highest BCUT2D eigenvalue weighted by atomic mass is 19.4. The molecule has 1 aromatic heterocycles. The Morgan fingerprint density at radius 2 is 1.75 bits per heavy atom. The second-order valence-corrected chi connectivity index (χ2v) is 6.76. The van der Waals surface area contributed by atoms with Crippen LogP contribution in [0.4, 0.5) is 24.7 Å². The molecule has 3 rings (SSSR count). The highest BCUT2D eigenvalue weighted by molar-refractivity contribution is 5.92. The Morgan fingerprint density at radius 3 is 2.29 bits per heavy atom. The van der Waals surface area contributed by atoms with Crippen molar-refractivity contribution in [2.45, 2.75) is 19.5 Å². The molecule has 28 heavy (non-hydrogen) atoms. The largest absolute Gasteiger partial charge is 0.417 e. The second kappa shape index (κ2) is 8.60. The Kier molecular flexibility index (Phi) is 6.18. The average Bonchev–Trinajstić information content (AvgIpc) is 2.68. The van der Waals surface area contributed by atoms with Crippen LogP contribution in [0.1, 0.15) is 18.1 Å². The molecule has 1 N–H and O–H groups in total. The summed E-state index contributed by atoms with van der Waals surface area (Å²) in [5.41, 5.74) is 1.24. The van der Waals surface area contributed by atoms with Crippen molar-refractivity contribution in [2.24, 2.45) is 0 Å². The van der Waals surface area contributed by atoms with Crippen LogP contribution < -0.4 is 10.2 Å². The Labute approximate surface area is 162 Å². The number of benzene rings is 1. The molecule has 8 heteroatoms. The Hall–Kier alpha value is -2.61. The first-order chi connectivity index (χ1) is 13.3. The van der Waals surface area contributed by atoms with E-state index in [0.717, 1.165) is 24.4 Å². The van der Waals surface area contributed by atoms with Gasteiger partial charge in [0.2, 0.25) is 5.91 Å². The molecule has 1 aliphatic heterocycles. The smallest absolute Gasteiger partial charge is 0.354 e. The molecule has 0 atom stereocenters. The number of hydrogen-bond donors (Lipinski definition) is 1. The monoisotopic (exact) mass is 392 g/mol. The van der Waals surface area contributed by atoms with Gasteiger partial charge in [-0.25, -0.2) is 4.98 Å². The van der Waals surface area contributed by atoms with Gasteiger partial charge < -0.3 is 10.2 Å². The van der Waals surface area contributed by atoms with Crippen molar-refractivity contribution < 1.29 is 18.0 Å². The van der Waals surface area contributed by atoms with E-state index in [1.54, 1.807) is 0 Å². The second-order valence-electron chi connectivity index (χ2n) is 6.76. The van der Waals surface area contributed by atoms with E-state index in [1.165, 1.54) is 11.6 Å². The number of rotatable bonds is 5. The van der Waals surface area contributed by atoms with Crippen LogP contribution in [-0.2, 0) is 17.4 Å². The summed E-state index contributed by atoms with van der Waals surface area (Å²) in [4.78, 5) is 20.1. The quantitative estimate of drug-likeness (QED) is 0.847. The molecule has 1 fully saturated rings. The predicted octanol–water partition coefficient (Wildman–Crippen LogP) is 3.42. The molecule has 2 aromatic rings. The van der Waals surface area contributed by atoms with E-state index in [2.05, 4.69) is 17.2 Å². The third-order valence-electron chi connectivity index (χ3n) is 4.78. The first kappa shape index (κ1) is 20.1. The molecule has 2 heterocycles. The Balaban J connectivity index is 1.47. The van der Waals surface area contributed by atoms with E-state index in [-0.39, 0.29) is 12.5 Å². The van der Waals surface area contributed by atoms with E-state index >= 15 is 0 Å². The maximum absolute atomic E-state index is 12.6. The topological polar surface area (TPSA) is 48.5 Å². The molecular formula is C20H23F3N4O. The van der Waals surface area contributed by atoms with Crippen molar-refractivity contribution in [3.05, 3.63) is 53.7 Å². The molecule has 1 saturated heterocycles. The van der Waals surface area contributed by atoms with Crippen molar-refractivity contribution in [1.82, 2.24) is 9.88 Å². The summed E-state index contributed by atoms with van der Waals surface area (Å²) < 4.78 is 37.9. The number of nitrogens with zero attached hydrogens (tertiary/aromatic N) is 3. The van der Waals surface area contributed by atoms with Gasteiger partial charge in [-0.15, -0.1) is 0 Å². The summed E-state index contributed by atoms with van der Waals surface area (Å²) in [6, 6.07) is 10.2. The van der Waals surface area contributed by atoms with Crippen LogP contribution in [0.3, 0.4) is 0 Å². The fourth-order valence-corrected chi connectivity index (χ4v) is 3.10. The number of carbonyl (C=O) groups is 1. The molecule has 0 spiro atoms. The van der Waals surface area contributed by atoms with Gasteiger partial charge in [-0.2, -0.15) is 13.2 Å². The minimum atomic E-state index is -4.38. The molecule has 0 bridgehead atoms. The van der Waals surface area contributed by atoms with E-state index in [0.29, 0.717) is 32.0 Å². The highest BCUT2D eigenvalue weighted by Gasteiger charge is 2.31. The van der Waals surface area contributed by atoms with Gasteiger partial charge in [0.05, 0.1) is 12.1 Å². The van der Waals surface area contributed by atoms with E-state index in [1.807, 2.05) is 34.1 Å². The maximum Gasteiger partial charge on any atom is 0.417 e. The lowest BCUT2D eigenvalue weighted by Crippen LogP contribution is -2.48. The number of pyridine rings is 1. The normalized spacial score (nSPS) is 15.5. The molecule has 0 unspecified atom stereocenters. The number of aryl methyl sites for hydroxylation is 1. The Morgan fingerprint density at radius 1 is 1.07 bits per heavy atom. The first-order valence-electron chi connectivity index (χ1n) is 9.24. The lowest BCUT2D eigenvalue weighted by atomic mass is 10.1. The van der Waals surface area contributed by atoms with Crippen LogP contribution in [0.5, 0.6) is 0 Å². The zero-order chi connectivity index (χ0) is 20.1. The number of nitrogens with one attached hydrogen (secondary N) is 1. The molecule has 0 aliphatic carbocycles. The minimum Gasteiger partial charge on any atom is -0.354 e. The van der Waals surface area contributed by atoms with Gasteiger partial charge in [-0.05, 0) is 36.2 Å². The fraction of sp³-hybridized carbons (Fsp3) is 0.400. The van der Waals surface area contributed by atoms with Gasteiger partial charge in [-0.3, -0.25) is 9.69 Å². The number of alkyl halides is 3. The van der Waals surface area contributed by atoms with Crippen LogP contribution in [0.15, 0.2) is 42.6 Å². The van der Waals surface area contributed by atoms with E-state index in [9.17, 15) is 18.0 Å². The number of amides is 1. The van der Waals surface area contributed by atoms with Crippen molar-refractivity contribution >= 4 is 17.4 Å². The number of hydrogen-bond acceptors (Lipinski definition) is 4. The van der Waals surface area contributed by atoms with E-state index < -0.39 is 11.7 Å². The lowest BCUT2D eigenvalue weighted by molar-refractivity contribution is -0.137. The number of anilines is 2. The summed E-state index contributed by atoms with van der Waals surface area (Å²) in [5, 5.41) is 2.89. The van der Waals surface area contributed by atoms with Gasteiger partial charge in [0.15, 0.2) is 0 Å². The lowest BCUT2D eigenvalue weighted by Gasteiger charge is -2.35. The van der Waals surface area contributed by atoms with Gasteiger partial charge >= 0.3 is 6.18 Å². The summed E-state index contributed by atoms with van der Waals surface area (Å²) in [6.07, 6.45) is -2.57. The summed E-state index contributed by atoms with van der Waals surface area (Å²) in [5.74, 6) is 0.443. The molecule has 1 aliphatic rings. The summed E-state index contributed by atoms with van der Waals surface area (Å²) in [6.45, 7) is 4.86. The van der Waals surface area contributed by atoms with Crippen molar-refractivity contribution in [3.8, 4) is 0 Å². The van der Waals surface area contributed by atoms with Crippen LogP contribution in [0.25, 0.3) is 0 Å². The fourth-order valence-electron chi connectivity index (χ4n) is 3.10. The first-order valence-corrected chi connectivity index (χ1v) is 9.24. The van der Waals surface area contributed by atoms with Gasteiger partial charge in [-0.1, -0.05) is 19.1 Å². The predicted molar refractivity (Wildman–Crippen MR) is 102 cm³/mol. The van der Waals surface area contributed by atoms with Gasteiger partial charge in [0, 0.05) is 38.1 Å². The Bertz CT molecular complexity index is 783. The number of aromatic nitrogens is 1. The summed E-state index contributed by atoms with van der Waals surface area (Å²) >= 11 is 0. The van der Waals surface area contributed by atoms with Crippen LogP contribution in [0, 0.1) is 0 Å². The molecule has 1 aromatic carbocycles. The third kappa shape index (κ3) is 5.22. The molecule has 1 amide bonds.